The van der Waals surface area contributed by atoms with Gasteiger partial charge in [0, 0.05) is 24.0 Å². The van der Waals surface area contributed by atoms with Gasteiger partial charge in [0.2, 0.25) is 0 Å². The Morgan fingerprint density at radius 2 is 1.75 bits per heavy atom. The van der Waals surface area contributed by atoms with Crippen LogP contribution in [0.5, 0.6) is 0 Å². The number of hydrogen-bond donors (Lipinski definition) is 2. The predicted octanol–water partition coefficient (Wildman–Crippen LogP) is 3.34. The Morgan fingerprint density at radius 1 is 1.08 bits per heavy atom. The number of carbonyl (C=O) groups is 2. The summed E-state index contributed by atoms with van der Waals surface area (Å²) in [5.41, 5.74) is 3.43. The Bertz CT molecular complexity index is 734. The predicted molar refractivity (Wildman–Crippen MR) is 95.3 cm³/mol. The van der Waals surface area contributed by atoms with Crippen LogP contribution in [0, 0.1) is 19.8 Å². The van der Waals surface area contributed by atoms with E-state index in [9.17, 15) is 9.59 Å². The van der Waals surface area contributed by atoms with Crippen molar-refractivity contribution in [2.24, 2.45) is 5.92 Å². The SMILES string of the molecule is Cc1cccc(C)c1NC(=O)c1ccnc(C(=O)NCC(C)C)c1. The lowest BCUT2D eigenvalue weighted by atomic mass is 10.1. The zero-order valence-electron chi connectivity index (χ0n) is 14.5. The summed E-state index contributed by atoms with van der Waals surface area (Å²) < 4.78 is 0. The van der Waals surface area contributed by atoms with Crippen molar-refractivity contribution >= 4 is 17.5 Å². The van der Waals surface area contributed by atoms with Gasteiger partial charge < -0.3 is 10.6 Å². The Kier molecular flexibility index (Phi) is 5.68. The summed E-state index contributed by atoms with van der Waals surface area (Å²) in [6.07, 6.45) is 1.48. The highest BCUT2D eigenvalue weighted by Crippen LogP contribution is 2.20. The number of benzene rings is 1. The van der Waals surface area contributed by atoms with Crippen LogP contribution < -0.4 is 10.6 Å². The van der Waals surface area contributed by atoms with E-state index in [0.29, 0.717) is 18.0 Å². The summed E-state index contributed by atoms with van der Waals surface area (Å²) >= 11 is 0. The molecule has 1 heterocycles. The largest absolute Gasteiger partial charge is 0.350 e. The molecule has 0 radical (unpaired) electrons. The van der Waals surface area contributed by atoms with E-state index in [4.69, 9.17) is 0 Å². The number of rotatable bonds is 5. The molecule has 1 aromatic heterocycles. The summed E-state index contributed by atoms with van der Waals surface area (Å²) in [7, 11) is 0. The minimum Gasteiger partial charge on any atom is -0.350 e. The Morgan fingerprint density at radius 3 is 2.38 bits per heavy atom. The van der Waals surface area contributed by atoms with Crippen molar-refractivity contribution in [2.45, 2.75) is 27.7 Å². The molecule has 0 spiro atoms. The molecule has 2 N–H and O–H groups in total. The molecule has 0 saturated carbocycles. The average molecular weight is 325 g/mol. The fraction of sp³-hybridized carbons (Fsp3) is 0.316. The van der Waals surface area contributed by atoms with E-state index in [2.05, 4.69) is 15.6 Å². The first-order chi connectivity index (χ1) is 11.4. The summed E-state index contributed by atoms with van der Waals surface area (Å²) in [4.78, 5) is 28.6. The second-order valence-corrected chi connectivity index (χ2v) is 6.25. The highest BCUT2D eigenvalue weighted by Gasteiger charge is 2.13. The van der Waals surface area contributed by atoms with Crippen molar-refractivity contribution in [1.82, 2.24) is 10.3 Å². The molecular weight excluding hydrogens is 302 g/mol. The van der Waals surface area contributed by atoms with E-state index < -0.39 is 0 Å². The monoisotopic (exact) mass is 325 g/mol. The molecule has 24 heavy (non-hydrogen) atoms. The number of nitrogens with one attached hydrogen (secondary N) is 2. The lowest BCUT2D eigenvalue weighted by molar-refractivity contribution is 0.0944. The summed E-state index contributed by atoms with van der Waals surface area (Å²) in [6, 6.07) is 8.95. The summed E-state index contributed by atoms with van der Waals surface area (Å²) in [5.74, 6) is -0.178. The molecule has 0 atom stereocenters. The third kappa shape index (κ3) is 4.41. The van der Waals surface area contributed by atoms with Crippen LogP contribution in [0.3, 0.4) is 0 Å². The molecule has 2 amide bonds. The van der Waals surface area contributed by atoms with Crippen LogP contribution in [-0.2, 0) is 0 Å². The number of aromatic nitrogens is 1. The maximum Gasteiger partial charge on any atom is 0.269 e. The molecule has 2 aromatic rings. The first-order valence-corrected chi connectivity index (χ1v) is 8.00. The minimum absolute atomic E-state index is 0.241. The van der Waals surface area contributed by atoms with Crippen molar-refractivity contribution in [3.05, 3.63) is 58.9 Å². The van der Waals surface area contributed by atoms with Crippen molar-refractivity contribution in [2.75, 3.05) is 11.9 Å². The van der Waals surface area contributed by atoms with Gasteiger partial charge in [0.25, 0.3) is 11.8 Å². The maximum absolute atomic E-state index is 12.5. The molecule has 5 heteroatoms. The third-order valence-corrected chi connectivity index (χ3v) is 3.65. The normalized spacial score (nSPS) is 10.5. The highest BCUT2D eigenvalue weighted by molar-refractivity contribution is 6.06. The summed E-state index contributed by atoms with van der Waals surface area (Å²) in [5, 5.41) is 5.71. The van der Waals surface area contributed by atoms with Crippen LogP contribution in [0.1, 0.15) is 45.8 Å². The van der Waals surface area contributed by atoms with Crippen LogP contribution in [-0.4, -0.2) is 23.3 Å². The number of carbonyl (C=O) groups excluding carboxylic acids is 2. The van der Waals surface area contributed by atoms with Gasteiger partial charge in [-0.05, 0) is 43.0 Å². The van der Waals surface area contributed by atoms with Gasteiger partial charge >= 0.3 is 0 Å². The van der Waals surface area contributed by atoms with E-state index in [-0.39, 0.29) is 17.5 Å². The first-order valence-electron chi connectivity index (χ1n) is 8.00. The maximum atomic E-state index is 12.5. The lowest BCUT2D eigenvalue weighted by Crippen LogP contribution is -2.28. The van der Waals surface area contributed by atoms with E-state index in [1.807, 2.05) is 45.9 Å². The van der Waals surface area contributed by atoms with E-state index in [0.717, 1.165) is 16.8 Å². The van der Waals surface area contributed by atoms with Gasteiger partial charge in [0.15, 0.2) is 0 Å². The van der Waals surface area contributed by atoms with Gasteiger partial charge in [-0.25, -0.2) is 0 Å². The molecule has 126 valence electrons. The van der Waals surface area contributed by atoms with Gasteiger partial charge in [-0.15, -0.1) is 0 Å². The molecule has 0 aliphatic heterocycles. The molecule has 0 aliphatic carbocycles. The minimum atomic E-state index is -0.273. The van der Waals surface area contributed by atoms with E-state index >= 15 is 0 Å². The van der Waals surface area contributed by atoms with Crippen molar-refractivity contribution in [3.8, 4) is 0 Å². The van der Waals surface area contributed by atoms with Crippen molar-refractivity contribution < 1.29 is 9.59 Å². The van der Waals surface area contributed by atoms with Crippen LogP contribution in [0.25, 0.3) is 0 Å². The van der Waals surface area contributed by atoms with Crippen molar-refractivity contribution in [3.63, 3.8) is 0 Å². The second-order valence-electron chi connectivity index (χ2n) is 6.25. The molecule has 5 nitrogen and oxygen atoms in total. The third-order valence-electron chi connectivity index (χ3n) is 3.65. The Labute approximate surface area is 142 Å². The van der Waals surface area contributed by atoms with Crippen molar-refractivity contribution in [1.29, 1.82) is 0 Å². The molecule has 0 aliphatic rings. The van der Waals surface area contributed by atoms with Crippen LogP contribution in [0.15, 0.2) is 36.5 Å². The molecule has 1 aromatic carbocycles. The zero-order chi connectivity index (χ0) is 17.7. The fourth-order valence-electron chi connectivity index (χ4n) is 2.28. The number of para-hydroxylation sites is 1. The summed E-state index contributed by atoms with van der Waals surface area (Å²) in [6.45, 7) is 8.49. The van der Waals surface area contributed by atoms with Gasteiger partial charge in [-0.3, -0.25) is 14.6 Å². The van der Waals surface area contributed by atoms with Gasteiger partial charge in [-0.2, -0.15) is 0 Å². The number of hydrogen-bond acceptors (Lipinski definition) is 3. The van der Waals surface area contributed by atoms with Gasteiger partial charge in [0.05, 0.1) is 0 Å². The number of amides is 2. The lowest BCUT2D eigenvalue weighted by Gasteiger charge is -2.12. The highest BCUT2D eigenvalue weighted by atomic mass is 16.2. The number of aryl methyl sites for hydroxylation is 2. The molecule has 2 rings (SSSR count). The molecular formula is C19H23N3O2. The van der Waals surface area contributed by atoms with Crippen LogP contribution >= 0.6 is 0 Å². The smallest absolute Gasteiger partial charge is 0.269 e. The van der Waals surface area contributed by atoms with Crippen LogP contribution in [0.2, 0.25) is 0 Å². The topological polar surface area (TPSA) is 71.1 Å². The standard InChI is InChI=1S/C19H23N3O2/c1-12(2)11-21-19(24)16-10-15(8-9-20-16)18(23)22-17-13(3)6-5-7-14(17)4/h5-10,12H,11H2,1-4H3,(H,21,24)(H,22,23). The second kappa shape index (κ2) is 7.73. The van der Waals surface area contributed by atoms with E-state index in [1.165, 1.54) is 12.3 Å². The van der Waals surface area contributed by atoms with Gasteiger partial charge in [-0.1, -0.05) is 32.0 Å². The Balaban J connectivity index is 2.16. The van der Waals surface area contributed by atoms with Gasteiger partial charge in [0.1, 0.15) is 5.69 Å². The Hall–Kier alpha value is -2.69. The first kappa shape index (κ1) is 17.7. The van der Waals surface area contributed by atoms with Crippen LogP contribution in [0.4, 0.5) is 5.69 Å². The zero-order valence-corrected chi connectivity index (χ0v) is 14.5. The molecule has 0 fully saturated rings. The quantitative estimate of drug-likeness (QED) is 0.885. The molecule has 0 bridgehead atoms. The fourth-order valence-corrected chi connectivity index (χ4v) is 2.28. The van der Waals surface area contributed by atoms with E-state index in [1.54, 1.807) is 6.07 Å². The number of anilines is 1. The molecule has 0 saturated heterocycles. The average Bonchev–Trinajstić information content (AvgIpc) is 2.56. The number of pyridine rings is 1. The molecule has 0 unspecified atom stereocenters. The number of nitrogens with zero attached hydrogens (tertiary/aromatic N) is 1.